The number of nitrogen functional groups attached to an aromatic ring is 1. The van der Waals surface area contributed by atoms with E-state index in [1.54, 1.807) is 6.07 Å². The fourth-order valence-corrected chi connectivity index (χ4v) is 1.91. The van der Waals surface area contributed by atoms with E-state index in [1.807, 2.05) is 18.2 Å². The number of anilines is 2. The fraction of sp³-hybridized carbons (Fsp3) is 0.500. The van der Waals surface area contributed by atoms with Crippen molar-refractivity contribution in [2.24, 2.45) is 0 Å². The van der Waals surface area contributed by atoms with Crippen LogP contribution < -0.4 is 11.1 Å². The molecule has 0 saturated carbocycles. The third-order valence-corrected chi connectivity index (χ3v) is 2.68. The molecule has 1 rings (SSSR count). The van der Waals surface area contributed by atoms with Gasteiger partial charge in [0.15, 0.2) is 0 Å². The van der Waals surface area contributed by atoms with E-state index >= 15 is 0 Å². The Hall–Kier alpha value is -1.55. The highest BCUT2D eigenvalue weighted by atomic mass is 16.2. The Labute approximate surface area is 109 Å². The zero-order valence-electron chi connectivity index (χ0n) is 11.3. The predicted octanol–water partition coefficient (Wildman–Crippen LogP) is 2.33. The molecule has 100 valence electrons. The molecule has 4 heteroatoms. The molecule has 0 aliphatic carbocycles. The van der Waals surface area contributed by atoms with Gasteiger partial charge in [-0.2, -0.15) is 0 Å². The van der Waals surface area contributed by atoms with Gasteiger partial charge < -0.3 is 11.1 Å². The van der Waals surface area contributed by atoms with Crippen LogP contribution in [-0.2, 0) is 4.79 Å². The maximum Gasteiger partial charge on any atom is 0.238 e. The van der Waals surface area contributed by atoms with Crippen LogP contribution in [0.3, 0.4) is 0 Å². The summed E-state index contributed by atoms with van der Waals surface area (Å²) < 4.78 is 0. The highest BCUT2D eigenvalue weighted by Gasteiger charge is 2.10. The highest BCUT2D eigenvalue weighted by Crippen LogP contribution is 2.16. The lowest BCUT2D eigenvalue weighted by Crippen LogP contribution is -2.34. The molecule has 18 heavy (non-hydrogen) atoms. The summed E-state index contributed by atoms with van der Waals surface area (Å²) in [6.45, 7) is 6.57. The van der Waals surface area contributed by atoms with Crippen molar-refractivity contribution in [3.63, 3.8) is 0 Å². The van der Waals surface area contributed by atoms with Gasteiger partial charge in [0.1, 0.15) is 0 Å². The first-order valence-corrected chi connectivity index (χ1v) is 6.54. The van der Waals surface area contributed by atoms with Crippen LogP contribution in [0.2, 0.25) is 0 Å². The van der Waals surface area contributed by atoms with E-state index in [-0.39, 0.29) is 5.91 Å². The maximum absolute atomic E-state index is 11.9. The number of hydrogen-bond donors (Lipinski definition) is 2. The Bertz CT molecular complexity index is 373. The van der Waals surface area contributed by atoms with E-state index in [0.717, 1.165) is 25.9 Å². The quantitative estimate of drug-likeness (QED) is 0.729. The maximum atomic E-state index is 11.9. The van der Waals surface area contributed by atoms with Gasteiger partial charge in [-0.1, -0.05) is 26.0 Å². The van der Waals surface area contributed by atoms with E-state index in [9.17, 15) is 4.79 Å². The number of nitrogens with zero attached hydrogens (tertiary/aromatic N) is 1. The molecule has 0 saturated heterocycles. The zero-order valence-corrected chi connectivity index (χ0v) is 11.3. The van der Waals surface area contributed by atoms with Crippen LogP contribution >= 0.6 is 0 Å². The van der Waals surface area contributed by atoms with Crippen molar-refractivity contribution in [2.75, 3.05) is 30.7 Å². The number of nitrogens with two attached hydrogens (primary N) is 1. The van der Waals surface area contributed by atoms with Crippen molar-refractivity contribution >= 4 is 17.3 Å². The lowest BCUT2D eigenvalue weighted by molar-refractivity contribution is -0.117. The first kappa shape index (κ1) is 14.5. The topological polar surface area (TPSA) is 58.4 Å². The van der Waals surface area contributed by atoms with Crippen molar-refractivity contribution in [1.29, 1.82) is 0 Å². The van der Waals surface area contributed by atoms with Crippen molar-refractivity contribution in [2.45, 2.75) is 26.7 Å². The monoisotopic (exact) mass is 249 g/mol. The first-order chi connectivity index (χ1) is 8.67. The zero-order chi connectivity index (χ0) is 13.4. The molecule has 0 aliphatic heterocycles. The summed E-state index contributed by atoms with van der Waals surface area (Å²) in [4.78, 5) is 14.1. The van der Waals surface area contributed by atoms with Gasteiger partial charge in [-0.05, 0) is 38.1 Å². The SMILES string of the molecule is CCCN(CCC)CC(=O)Nc1ccccc1N. The second-order valence-electron chi connectivity index (χ2n) is 4.41. The van der Waals surface area contributed by atoms with Crippen LogP contribution in [0.25, 0.3) is 0 Å². The van der Waals surface area contributed by atoms with Crippen molar-refractivity contribution in [1.82, 2.24) is 4.90 Å². The normalized spacial score (nSPS) is 10.6. The molecule has 1 aromatic carbocycles. The highest BCUT2D eigenvalue weighted by molar-refractivity contribution is 5.95. The average Bonchev–Trinajstić information content (AvgIpc) is 2.33. The number of benzene rings is 1. The smallest absolute Gasteiger partial charge is 0.238 e. The lowest BCUT2D eigenvalue weighted by Gasteiger charge is -2.20. The molecule has 0 spiro atoms. The van der Waals surface area contributed by atoms with Crippen molar-refractivity contribution in [3.8, 4) is 0 Å². The van der Waals surface area contributed by atoms with Gasteiger partial charge in [-0.25, -0.2) is 0 Å². The molecule has 0 heterocycles. The van der Waals surface area contributed by atoms with Gasteiger partial charge in [0.2, 0.25) is 5.91 Å². The third kappa shape index (κ3) is 4.75. The average molecular weight is 249 g/mol. The Morgan fingerprint density at radius 1 is 1.22 bits per heavy atom. The summed E-state index contributed by atoms with van der Waals surface area (Å²) in [5, 5.41) is 2.85. The number of nitrogens with one attached hydrogen (secondary N) is 1. The van der Waals surface area contributed by atoms with Crippen LogP contribution in [0.5, 0.6) is 0 Å². The molecule has 1 aromatic rings. The number of amides is 1. The number of para-hydroxylation sites is 2. The molecule has 0 aliphatic rings. The minimum atomic E-state index is -0.00481. The molecule has 0 atom stereocenters. The fourth-order valence-electron chi connectivity index (χ4n) is 1.91. The van der Waals surface area contributed by atoms with Crippen molar-refractivity contribution in [3.05, 3.63) is 24.3 Å². The first-order valence-electron chi connectivity index (χ1n) is 6.54. The Kier molecular flexibility index (Phi) is 6.22. The van der Waals surface area contributed by atoms with E-state index in [4.69, 9.17) is 5.73 Å². The number of rotatable bonds is 7. The number of carbonyl (C=O) groups excluding carboxylic acids is 1. The van der Waals surface area contributed by atoms with Gasteiger partial charge in [0.05, 0.1) is 17.9 Å². The van der Waals surface area contributed by atoms with E-state index < -0.39 is 0 Å². The van der Waals surface area contributed by atoms with Gasteiger partial charge in [-0.15, -0.1) is 0 Å². The summed E-state index contributed by atoms with van der Waals surface area (Å²) in [6, 6.07) is 7.32. The molecular weight excluding hydrogens is 226 g/mol. The van der Waals surface area contributed by atoms with Crippen molar-refractivity contribution < 1.29 is 4.79 Å². The van der Waals surface area contributed by atoms with E-state index in [0.29, 0.717) is 17.9 Å². The lowest BCUT2D eigenvalue weighted by atomic mass is 10.2. The van der Waals surface area contributed by atoms with Gasteiger partial charge >= 0.3 is 0 Å². The largest absolute Gasteiger partial charge is 0.397 e. The molecule has 0 unspecified atom stereocenters. The number of carbonyl (C=O) groups is 1. The van der Waals surface area contributed by atoms with Crippen LogP contribution in [0.4, 0.5) is 11.4 Å². The van der Waals surface area contributed by atoms with E-state index in [2.05, 4.69) is 24.1 Å². The third-order valence-electron chi connectivity index (χ3n) is 2.68. The van der Waals surface area contributed by atoms with Crippen LogP contribution in [-0.4, -0.2) is 30.4 Å². The summed E-state index contributed by atoms with van der Waals surface area (Å²) in [5.74, 6) is -0.00481. The molecule has 0 radical (unpaired) electrons. The molecule has 1 amide bonds. The molecule has 0 aromatic heterocycles. The molecule has 3 N–H and O–H groups in total. The van der Waals surface area contributed by atoms with Gasteiger partial charge in [-0.3, -0.25) is 9.69 Å². The Balaban J connectivity index is 2.52. The molecule has 4 nitrogen and oxygen atoms in total. The molecule has 0 bridgehead atoms. The standard InChI is InChI=1S/C14H23N3O/c1-3-9-17(10-4-2)11-14(18)16-13-8-6-5-7-12(13)15/h5-8H,3-4,9-11,15H2,1-2H3,(H,16,18). The molecule has 0 fully saturated rings. The minimum absolute atomic E-state index is 0.00481. The summed E-state index contributed by atoms with van der Waals surface area (Å²) >= 11 is 0. The summed E-state index contributed by atoms with van der Waals surface area (Å²) in [6.07, 6.45) is 2.11. The summed E-state index contributed by atoms with van der Waals surface area (Å²) in [5.41, 5.74) is 7.08. The van der Waals surface area contributed by atoms with Gasteiger partial charge in [0, 0.05) is 0 Å². The molecular formula is C14H23N3O. The number of hydrogen-bond acceptors (Lipinski definition) is 3. The van der Waals surface area contributed by atoms with Crippen LogP contribution in [0.1, 0.15) is 26.7 Å². The predicted molar refractivity (Wildman–Crippen MR) is 76.5 cm³/mol. The Morgan fingerprint density at radius 2 is 1.83 bits per heavy atom. The van der Waals surface area contributed by atoms with Crippen LogP contribution in [0, 0.1) is 0 Å². The van der Waals surface area contributed by atoms with Crippen LogP contribution in [0.15, 0.2) is 24.3 Å². The summed E-state index contributed by atoms with van der Waals surface area (Å²) in [7, 11) is 0. The van der Waals surface area contributed by atoms with E-state index in [1.165, 1.54) is 0 Å². The van der Waals surface area contributed by atoms with Gasteiger partial charge in [0.25, 0.3) is 0 Å². The second kappa shape index (κ2) is 7.71. The minimum Gasteiger partial charge on any atom is -0.397 e. The second-order valence-corrected chi connectivity index (χ2v) is 4.41. The Morgan fingerprint density at radius 3 is 2.39 bits per heavy atom.